The molecule has 2 unspecified atom stereocenters. The number of nitrogens with two attached hydrogens (primary N) is 1. The number of amides is 1. The quantitative estimate of drug-likeness (QED) is 0.702. The molecule has 0 saturated heterocycles. The van der Waals surface area contributed by atoms with Gasteiger partial charge in [-0.15, -0.1) is 0 Å². The zero-order valence-corrected chi connectivity index (χ0v) is 17.3. The van der Waals surface area contributed by atoms with Crippen molar-refractivity contribution >= 4 is 11.9 Å². The van der Waals surface area contributed by atoms with Crippen LogP contribution in [0.15, 0.2) is 48.7 Å². The van der Waals surface area contributed by atoms with Crippen LogP contribution in [0.1, 0.15) is 64.9 Å². The summed E-state index contributed by atoms with van der Waals surface area (Å²) in [5.74, 6) is 0.271. The molecule has 7 nitrogen and oxygen atoms in total. The third kappa shape index (κ3) is 4.59. The lowest BCUT2D eigenvalue weighted by atomic mass is 9.50. The van der Waals surface area contributed by atoms with Crippen molar-refractivity contribution in [2.45, 2.75) is 49.6 Å². The van der Waals surface area contributed by atoms with E-state index >= 15 is 0 Å². The molecule has 4 fully saturated rings. The van der Waals surface area contributed by atoms with Crippen LogP contribution in [0.5, 0.6) is 0 Å². The summed E-state index contributed by atoms with van der Waals surface area (Å²) >= 11 is 0. The van der Waals surface area contributed by atoms with Gasteiger partial charge in [-0.05, 0) is 80.7 Å². The summed E-state index contributed by atoms with van der Waals surface area (Å²) in [6.45, 7) is 0. The molecule has 1 amide bonds. The smallest absolute Gasteiger partial charge is 0.354 e. The van der Waals surface area contributed by atoms with Gasteiger partial charge in [0.2, 0.25) is 0 Å². The number of nitrogens with one attached hydrogen (secondary N) is 1. The Kier molecular flexibility index (Phi) is 5.50. The van der Waals surface area contributed by atoms with Crippen molar-refractivity contribution in [1.82, 2.24) is 10.3 Å². The molecule has 4 aliphatic rings. The van der Waals surface area contributed by atoms with Gasteiger partial charge >= 0.3 is 5.97 Å². The van der Waals surface area contributed by atoms with Crippen LogP contribution in [0, 0.1) is 23.2 Å². The maximum absolute atomic E-state index is 12.6. The molecular formula is C24H26N4O3. The number of hydrogen-bond donors (Lipinski definition) is 3. The van der Waals surface area contributed by atoms with Crippen molar-refractivity contribution < 1.29 is 14.7 Å². The van der Waals surface area contributed by atoms with E-state index in [1.54, 1.807) is 36.4 Å². The van der Waals surface area contributed by atoms with Crippen LogP contribution in [0.2, 0.25) is 0 Å². The van der Waals surface area contributed by atoms with E-state index in [9.17, 15) is 9.59 Å². The van der Waals surface area contributed by atoms with Gasteiger partial charge in [-0.25, -0.2) is 9.78 Å². The summed E-state index contributed by atoms with van der Waals surface area (Å²) in [6, 6.07) is 13.8. The second kappa shape index (κ2) is 8.12. The van der Waals surface area contributed by atoms with Crippen molar-refractivity contribution in [3.05, 3.63) is 65.5 Å². The zero-order valence-electron chi connectivity index (χ0n) is 17.3. The Bertz CT molecular complexity index is 1020. The second-order valence-corrected chi connectivity index (χ2v) is 9.27. The van der Waals surface area contributed by atoms with Gasteiger partial charge in [0.25, 0.3) is 5.91 Å². The van der Waals surface area contributed by atoms with Crippen LogP contribution >= 0.6 is 0 Å². The number of carboxylic acids is 1. The number of pyridine rings is 1. The standard InChI is InChI=1S/C18H21N3O.C6H5NO2/c19-10-12-2-1-3-15(5-12)16(22)21-18-8-13-4-14(9-18)7-17(20,6-13)11-18;8-6(9)5-3-1-2-4-7-5/h1-3,5,13-14H,4,6-9,11,20H2,(H,21,22);1-4H,(H,8,9). The molecule has 31 heavy (non-hydrogen) atoms. The van der Waals surface area contributed by atoms with Crippen LogP contribution in [-0.4, -0.2) is 33.0 Å². The lowest BCUT2D eigenvalue weighted by molar-refractivity contribution is -0.0321. The fraction of sp³-hybridized carbons (Fsp3) is 0.417. The van der Waals surface area contributed by atoms with Crippen LogP contribution < -0.4 is 11.1 Å². The molecule has 2 atom stereocenters. The average Bonchev–Trinajstić information content (AvgIpc) is 2.73. The van der Waals surface area contributed by atoms with Gasteiger partial charge in [0.05, 0.1) is 11.6 Å². The molecule has 1 heterocycles. The molecule has 0 aliphatic heterocycles. The number of carbonyl (C=O) groups excluding carboxylic acids is 1. The lowest BCUT2D eigenvalue weighted by Crippen LogP contribution is -2.68. The third-order valence-corrected chi connectivity index (χ3v) is 6.62. The largest absolute Gasteiger partial charge is 0.477 e. The van der Waals surface area contributed by atoms with Crippen molar-refractivity contribution in [3.8, 4) is 6.07 Å². The number of hydrogen-bond acceptors (Lipinski definition) is 5. The van der Waals surface area contributed by atoms with Crippen LogP contribution in [-0.2, 0) is 0 Å². The Morgan fingerprint density at radius 2 is 1.87 bits per heavy atom. The monoisotopic (exact) mass is 418 g/mol. The maximum Gasteiger partial charge on any atom is 0.354 e. The van der Waals surface area contributed by atoms with E-state index in [4.69, 9.17) is 16.1 Å². The lowest BCUT2D eigenvalue weighted by Gasteiger charge is -2.61. The van der Waals surface area contributed by atoms with Gasteiger partial charge in [-0.2, -0.15) is 5.26 Å². The van der Waals surface area contributed by atoms with E-state index < -0.39 is 5.97 Å². The average molecular weight is 418 g/mol. The van der Waals surface area contributed by atoms with Gasteiger partial charge in [-0.3, -0.25) is 4.79 Å². The van der Waals surface area contributed by atoms with Crippen LogP contribution in [0.3, 0.4) is 0 Å². The van der Waals surface area contributed by atoms with Crippen molar-refractivity contribution in [3.63, 3.8) is 0 Å². The third-order valence-electron chi connectivity index (χ3n) is 6.62. The van der Waals surface area contributed by atoms with E-state index in [1.807, 2.05) is 0 Å². The molecule has 6 rings (SSSR count). The fourth-order valence-electron chi connectivity index (χ4n) is 6.01. The topological polar surface area (TPSA) is 129 Å². The highest BCUT2D eigenvalue weighted by atomic mass is 16.4. The maximum atomic E-state index is 12.6. The number of aromatic carboxylic acids is 1. The summed E-state index contributed by atoms with van der Waals surface area (Å²) in [4.78, 5) is 26.4. The number of carboxylic acid groups (broad SMARTS) is 1. The zero-order chi connectivity index (χ0) is 22.1. The molecule has 160 valence electrons. The first kappa shape index (κ1) is 21.0. The van der Waals surface area contributed by atoms with Gasteiger partial charge in [0.15, 0.2) is 0 Å². The number of benzene rings is 1. The summed E-state index contributed by atoms with van der Waals surface area (Å²) in [6.07, 6.45) is 7.98. The summed E-state index contributed by atoms with van der Waals surface area (Å²) in [5.41, 5.74) is 7.54. The summed E-state index contributed by atoms with van der Waals surface area (Å²) in [5, 5.41) is 20.6. The van der Waals surface area contributed by atoms with Crippen molar-refractivity contribution in [2.24, 2.45) is 17.6 Å². The highest BCUT2D eigenvalue weighted by molar-refractivity contribution is 5.95. The van der Waals surface area contributed by atoms with Crippen LogP contribution in [0.4, 0.5) is 0 Å². The van der Waals surface area contributed by atoms with E-state index in [0.29, 0.717) is 23.0 Å². The molecule has 7 heteroatoms. The van der Waals surface area contributed by atoms with Crippen molar-refractivity contribution in [2.75, 3.05) is 0 Å². The Hall–Kier alpha value is -3.24. The molecule has 0 radical (unpaired) electrons. The Morgan fingerprint density at radius 1 is 1.13 bits per heavy atom. The minimum absolute atomic E-state index is 0.0670. The molecule has 1 aromatic heterocycles. The second-order valence-electron chi connectivity index (χ2n) is 9.27. The predicted molar refractivity (Wildman–Crippen MR) is 114 cm³/mol. The minimum atomic E-state index is -0.990. The molecule has 0 spiro atoms. The SMILES string of the molecule is N#Cc1cccc(C(=O)NC23CC4CC(CC(N)(C4)C2)C3)c1.O=C(O)c1ccccn1. The number of nitriles is 1. The van der Waals surface area contributed by atoms with E-state index in [0.717, 1.165) is 32.1 Å². The molecule has 1 aromatic carbocycles. The molecule has 4 aliphatic carbocycles. The minimum Gasteiger partial charge on any atom is -0.477 e. The van der Waals surface area contributed by atoms with E-state index in [2.05, 4.69) is 16.4 Å². The number of carbonyl (C=O) groups is 2. The fourth-order valence-corrected chi connectivity index (χ4v) is 6.01. The number of rotatable bonds is 3. The summed E-state index contributed by atoms with van der Waals surface area (Å²) in [7, 11) is 0. The Morgan fingerprint density at radius 3 is 2.42 bits per heavy atom. The molecule has 4 N–H and O–H groups in total. The van der Waals surface area contributed by atoms with Crippen LogP contribution in [0.25, 0.3) is 0 Å². The Labute approximate surface area is 181 Å². The van der Waals surface area contributed by atoms with Crippen molar-refractivity contribution in [1.29, 1.82) is 5.26 Å². The first-order chi connectivity index (χ1) is 14.8. The van der Waals surface area contributed by atoms with Gasteiger partial charge < -0.3 is 16.2 Å². The predicted octanol–water partition coefficient (Wildman–Crippen LogP) is 3.12. The number of aromatic nitrogens is 1. The highest BCUT2D eigenvalue weighted by Gasteiger charge is 2.56. The first-order valence-electron chi connectivity index (χ1n) is 10.6. The van der Waals surface area contributed by atoms with E-state index in [1.165, 1.54) is 18.7 Å². The molecule has 2 aromatic rings. The normalized spacial score (nSPS) is 29.9. The Balaban J connectivity index is 0.000000217. The summed E-state index contributed by atoms with van der Waals surface area (Å²) < 4.78 is 0. The van der Waals surface area contributed by atoms with Gasteiger partial charge in [0, 0.05) is 22.8 Å². The van der Waals surface area contributed by atoms with E-state index in [-0.39, 0.29) is 22.7 Å². The first-order valence-corrected chi connectivity index (χ1v) is 10.6. The highest BCUT2D eigenvalue weighted by Crippen LogP contribution is 2.56. The molecular weight excluding hydrogens is 392 g/mol. The van der Waals surface area contributed by atoms with Gasteiger partial charge in [0.1, 0.15) is 5.69 Å². The molecule has 4 bridgehead atoms. The molecule has 4 saturated carbocycles. The number of nitrogens with zero attached hydrogens (tertiary/aromatic N) is 2. The van der Waals surface area contributed by atoms with Gasteiger partial charge in [-0.1, -0.05) is 12.1 Å².